The zero-order valence-corrected chi connectivity index (χ0v) is 4.47. The molecule has 1 N–H and O–H groups in total. The third-order valence-corrected chi connectivity index (χ3v) is 1.42. The van der Waals surface area contributed by atoms with E-state index in [1.165, 1.54) is 0 Å². The number of hydrogen-bond donors (Lipinski definition) is 1. The molecule has 1 heterocycles. The smallest absolute Gasteiger partial charge is 0.179 e. The third-order valence-electron chi connectivity index (χ3n) is 0.209. The first-order chi connectivity index (χ1) is 2.21. The normalized spacial score (nSPS) is 62.0. The Kier molecular flexibility index (Phi) is 0.649. The molecule has 0 bridgehead atoms. The van der Waals surface area contributed by atoms with Crippen LogP contribution < -0.4 is 4.89 Å². The van der Waals surface area contributed by atoms with Crippen LogP contribution in [0.15, 0.2) is 0 Å². The van der Waals surface area contributed by atoms with Crippen LogP contribution in [-0.4, -0.2) is 0 Å². The van der Waals surface area contributed by atoms with Gasteiger partial charge in [0.05, 0.1) is 14.8 Å². The van der Waals surface area contributed by atoms with Gasteiger partial charge >= 0.3 is 0 Å². The molecular formula is HBrFNOS. The monoisotopic (exact) mass is 161 g/mol. The quantitative estimate of drug-likeness (QED) is 0.545. The average Bonchev–Trinajstić information content (AvgIpc) is 1.76. The van der Waals surface area contributed by atoms with Crippen molar-refractivity contribution in [3.63, 3.8) is 0 Å². The van der Waals surface area contributed by atoms with Crippen molar-refractivity contribution in [2.75, 3.05) is 0 Å². The average molecular weight is 162 g/mol. The molecule has 0 spiro atoms. The number of nitrogens with one attached hydrogen (secondary N) is 1. The van der Waals surface area contributed by atoms with Crippen molar-refractivity contribution >= 4 is 24.1 Å². The summed E-state index contributed by atoms with van der Waals surface area (Å²) in [5.74, 6) is 0. The van der Waals surface area contributed by atoms with E-state index in [-0.39, 0.29) is 0 Å². The van der Waals surface area contributed by atoms with Crippen molar-refractivity contribution in [3.8, 4) is 0 Å². The van der Waals surface area contributed by atoms with E-state index >= 15 is 0 Å². The molecule has 1 aliphatic heterocycles. The van der Waals surface area contributed by atoms with E-state index in [4.69, 9.17) is 0 Å². The molecule has 0 aromatic rings. The van der Waals surface area contributed by atoms with E-state index in [1.807, 2.05) is 4.89 Å². The van der Waals surface area contributed by atoms with Crippen LogP contribution in [0, 0.1) is 0 Å². The Labute approximate surface area is 37.8 Å². The zero-order chi connectivity index (χ0) is 3.91. The molecule has 0 aromatic carbocycles. The van der Waals surface area contributed by atoms with Gasteiger partial charge in [-0.3, -0.25) is 0 Å². The summed E-state index contributed by atoms with van der Waals surface area (Å²) in [7, 11) is -2.35. The van der Waals surface area contributed by atoms with E-state index in [9.17, 15) is 3.89 Å². The van der Waals surface area contributed by atoms with Crippen molar-refractivity contribution in [2.24, 2.45) is 0 Å². The van der Waals surface area contributed by atoms with Gasteiger partial charge in [-0.2, -0.15) is 4.28 Å². The fourth-order valence-electron chi connectivity index (χ4n) is 0.0257. The van der Waals surface area contributed by atoms with E-state index < -0.39 is 9.31 Å². The molecule has 5 heavy (non-hydrogen) atoms. The largest absolute Gasteiger partial charge is 0.184 e. The fourth-order valence-corrected chi connectivity index (χ4v) is 0.717. The number of rotatable bonds is 0. The van der Waals surface area contributed by atoms with Crippen LogP contribution in [0.1, 0.15) is 0 Å². The van der Waals surface area contributed by atoms with E-state index in [1.54, 1.807) is 0 Å². The zero-order valence-electron chi connectivity index (χ0n) is 2.07. The highest BCUT2D eigenvalue weighted by atomic mass is 79.9. The van der Waals surface area contributed by atoms with E-state index in [2.05, 4.69) is 19.1 Å². The molecule has 5 heteroatoms. The minimum atomic E-state index is -2.35. The maximum Gasteiger partial charge on any atom is 0.179 e. The van der Waals surface area contributed by atoms with Gasteiger partial charge in [-0.1, -0.05) is 4.89 Å². The van der Waals surface area contributed by atoms with Gasteiger partial charge in [0.15, 0.2) is 9.31 Å². The van der Waals surface area contributed by atoms with Crippen molar-refractivity contribution in [1.82, 2.24) is 4.89 Å². The summed E-state index contributed by atoms with van der Waals surface area (Å²) in [6, 6.07) is 0. The van der Waals surface area contributed by atoms with Gasteiger partial charge in [0, 0.05) is 0 Å². The summed E-state index contributed by atoms with van der Waals surface area (Å²) >= 11 is 2.57. The molecule has 0 aromatic heterocycles. The van der Waals surface area contributed by atoms with Crippen molar-refractivity contribution < 1.29 is 8.17 Å². The lowest BCUT2D eigenvalue weighted by Crippen LogP contribution is -1.56. The lowest BCUT2D eigenvalue weighted by Gasteiger charge is -1.75. The van der Waals surface area contributed by atoms with Crippen LogP contribution in [0.4, 0.5) is 3.89 Å². The Hall–Kier alpha value is 0.680. The van der Waals surface area contributed by atoms with Crippen LogP contribution in [0.3, 0.4) is 0 Å². The van der Waals surface area contributed by atoms with Crippen LogP contribution in [-0.2, 0) is 4.28 Å². The second-order valence-electron chi connectivity index (χ2n) is 0.589. The lowest BCUT2D eigenvalue weighted by atomic mass is 13.6. The fraction of sp³-hybridized carbons (Fsp3) is 0. The van der Waals surface area contributed by atoms with Gasteiger partial charge in [-0.05, 0) is 0 Å². The van der Waals surface area contributed by atoms with E-state index in [0.29, 0.717) is 0 Å². The van der Waals surface area contributed by atoms with Gasteiger partial charge in [0.25, 0.3) is 0 Å². The van der Waals surface area contributed by atoms with E-state index in [0.717, 1.165) is 0 Å². The molecule has 0 amide bonds. The number of halogens is 2. The first-order valence-electron chi connectivity index (χ1n) is 0.884. The predicted molar refractivity (Wildman–Crippen MR) is 21.8 cm³/mol. The second kappa shape index (κ2) is 0.841. The Bertz CT molecular complexity index is 49.6. The molecule has 1 aliphatic rings. The third kappa shape index (κ3) is 1.04. The standard InChI is InChI=1S/BrFHNOS/c1-5(2)3-4-5/h3H. The maximum absolute atomic E-state index is 11.5. The van der Waals surface area contributed by atoms with Crippen LogP contribution in [0.25, 0.3) is 0 Å². The summed E-state index contributed by atoms with van der Waals surface area (Å²) in [6.45, 7) is 0. The molecule has 1 atom stereocenters. The summed E-state index contributed by atoms with van der Waals surface area (Å²) in [4.78, 5) is 2.01. The lowest BCUT2D eigenvalue weighted by molar-refractivity contribution is 0.465. The molecule has 1 fully saturated rings. The minimum Gasteiger partial charge on any atom is -0.184 e. The van der Waals surface area contributed by atoms with Gasteiger partial charge in [0.1, 0.15) is 0 Å². The van der Waals surface area contributed by atoms with Gasteiger partial charge in [-0.15, -0.1) is 3.89 Å². The highest BCUT2D eigenvalue weighted by Crippen LogP contribution is 2.65. The summed E-state index contributed by atoms with van der Waals surface area (Å²) in [6.07, 6.45) is 0. The summed E-state index contributed by atoms with van der Waals surface area (Å²) in [5, 5.41) is 0. The molecule has 2 nitrogen and oxygen atoms in total. The Morgan fingerprint density at radius 1 is 2.00 bits per heavy atom. The highest BCUT2D eigenvalue weighted by molar-refractivity contribution is 9.57. The maximum atomic E-state index is 11.5. The van der Waals surface area contributed by atoms with Crippen molar-refractivity contribution in [2.45, 2.75) is 0 Å². The molecule has 1 unspecified atom stereocenters. The molecule has 32 valence electrons. The summed E-state index contributed by atoms with van der Waals surface area (Å²) in [5.41, 5.74) is 0. The number of hydrogen-bond acceptors (Lipinski definition) is 2. The predicted octanol–water partition coefficient (Wildman–Crippen LogP) is 1.35. The van der Waals surface area contributed by atoms with Gasteiger partial charge in [-0.25, -0.2) is 0 Å². The van der Waals surface area contributed by atoms with Crippen LogP contribution >= 0.6 is 24.1 Å². The first-order valence-corrected chi connectivity index (χ1v) is 4.18. The highest BCUT2D eigenvalue weighted by Gasteiger charge is 2.36. The van der Waals surface area contributed by atoms with Gasteiger partial charge < -0.3 is 0 Å². The molecular weight excluding hydrogens is 161 g/mol. The summed E-state index contributed by atoms with van der Waals surface area (Å²) < 4.78 is 15.4. The molecule has 0 saturated carbocycles. The SMILES string of the molecule is FS1(Br)NO1. The Morgan fingerprint density at radius 2 is 2.20 bits per heavy atom. The molecule has 0 aliphatic carbocycles. The van der Waals surface area contributed by atoms with Crippen LogP contribution in [0.2, 0.25) is 0 Å². The second-order valence-corrected chi connectivity index (χ2v) is 4.26. The van der Waals surface area contributed by atoms with Gasteiger partial charge in [0.2, 0.25) is 0 Å². The minimum absolute atomic E-state index is 2.01. The van der Waals surface area contributed by atoms with Crippen molar-refractivity contribution in [1.29, 1.82) is 0 Å². The molecule has 0 radical (unpaired) electrons. The molecule has 1 rings (SSSR count). The van der Waals surface area contributed by atoms with Crippen LogP contribution in [0.5, 0.6) is 0 Å². The topological polar surface area (TPSA) is 34.5 Å². The van der Waals surface area contributed by atoms with Crippen molar-refractivity contribution in [3.05, 3.63) is 0 Å². The first kappa shape index (κ1) is 3.86. The Balaban J connectivity index is 2.38. The molecule has 1 saturated heterocycles. The Morgan fingerprint density at radius 3 is 2.20 bits per heavy atom.